The van der Waals surface area contributed by atoms with E-state index in [4.69, 9.17) is 14.9 Å². The number of alkyl carbamates (subject to hydrolysis) is 1. The van der Waals surface area contributed by atoms with E-state index in [2.05, 4.69) is 34.9 Å². The molecule has 5 atom stereocenters. The summed E-state index contributed by atoms with van der Waals surface area (Å²) < 4.78 is 5.64. The van der Waals surface area contributed by atoms with Crippen LogP contribution in [0.15, 0.2) is 48.5 Å². The molecule has 8 heteroatoms. The fourth-order valence-corrected chi connectivity index (χ4v) is 5.87. The SMILES string of the molecule is O=C(N[C@H]1C[C@H]2CC(C(=O)N[C@H](CO)C(=O)O)C[C@H]21)OCC1c2ccccc2-c2ccccc21. The zero-order valence-corrected chi connectivity index (χ0v) is 18.6. The summed E-state index contributed by atoms with van der Waals surface area (Å²) in [7, 11) is 0. The number of carbonyl (C=O) groups is 3. The standard InChI is InChI=1S/C26H28N2O6/c29-12-23(25(31)32)27-24(30)15-9-14-11-22(20(14)10-15)28-26(33)34-13-21-18-7-3-1-5-16(18)17-6-2-4-8-19(17)21/h1-8,14-15,20-23,29H,9-13H2,(H,27,30)(H,28,33)(H,31,32)/t14-,15?,20-,22+,23-/m1/s1. The number of hydrogen-bond acceptors (Lipinski definition) is 5. The van der Waals surface area contributed by atoms with Crippen LogP contribution < -0.4 is 10.6 Å². The molecule has 3 aliphatic rings. The normalized spacial score (nSPS) is 25.3. The molecule has 0 aromatic heterocycles. The number of aliphatic hydroxyl groups excluding tert-OH is 1. The third kappa shape index (κ3) is 4.03. The number of aliphatic carboxylic acids is 1. The van der Waals surface area contributed by atoms with Gasteiger partial charge in [0.25, 0.3) is 0 Å². The predicted molar refractivity (Wildman–Crippen MR) is 123 cm³/mol. The van der Waals surface area contributed by atoms with Crippen LogP contribution in [0.25, 0.3) is 11.1 Å². The average molecular weight is 465 g/mol. The zero-order valence-electron chi connectivity index (χ0n) is 18.6. The van der Waals surface area contributed by atoms with Gasteiger partial charge in [-0.2, -0.15) is 0 Å². The average Bonchev–Trinajstić information content (AvgIpc) is 3.34. The minimum absolute atomic E-state index is 0.000511. The Balaban J connectivity index is 1.14. The van der Waals surface area contributed by atoms with Crippen molar-refractivity contribution in [2.45, 2.75) is 37.3 Å². The first-order chi connectivity index (χ1) is 16.5. The first-order valence-electron chi connectivity index (χ1n) is 11.7. The molecular formula is C26H28N2O6. The molecule has 34 heavy (non-hydrogen) atoms. The van der Waals surface area contributed by atoms with E-state index in [1.807, 2.05) is 24.3 Å². The molecule has 0 spiro atoms. The van der Waals surface area contributed by atoms with Crippen molar-refractivity contribution in [3.8, 4) is 11.1 Å². The number of carboxylic acid groups (broad SMARTS) is 1. The molecule has 0 heterocycles. The van der Waals surface area contributed by atoms with E-state index in [1.54, 1.807) is 0 Å². The van der Waals surface area contributed by atoms with Gasteiger partial charge in [0, 0.05) is 17.9 Å². The number of ether oxygens (including phenoxy) is 1. The van der Waals surface area contributed by atoms with Crippen molar-refractivity contribution in [2.24, 2.45) is 17.8 Å². The molecule has 2 fully saturated rings. The minimum atomic E-state index is -1.29. The summed E-state index contributed by atoms with van der Waals surface area (Å²) >= 11 is 0. The molecular weight excluding hydrogens is 436 g/mol. The van der Waals surface area contributed by atoms with Crippen LogP contribution in [0.4, 0.5) is 4.79 Å². The molecule has 2 aromatic carbocycles. The highest BCUT2D eigenvalue weighted by molar-refractivity contribution is 5.85. The molecule has 2 amide bonds. The highest BCUT2D eigenvalue weighted by atomic mass is 16.5. The Hall–Kier alpha value is -3.39. The van der Waals surface area contributed by atoms with Gasteiger partial charge in [0.15, 0.2) is 0 Å². The molecule has 5 rings (SSSR count). The van der Waals surface area contributed by atoms with Crippen LogP contribution in [0.1, 0.15) is 36.3 Å². The number of benzene rings is 2. The van der Waals surface area contributed by atoms with Gasteiger partial charge in [-0.3, -0.25) is 4.79 Å². The highest BCUT2D eigenvalue weighted by Gasteiger charge is 2.50. The summed E-state index contributed by atoms with van der Waals surface area (Å²) in [5.41, 5.74) is 4.67. The van der Waals surface area contributed by atoms with E-state index >= 15 is 0 Å². The van der Waals surface area contributed by atoms with Gasteiger partial charge in [0.2, 0.25) is 5.91 Å². The number of rotatable bonds is 7. The number of fused-ring (bicyclic) bond motifs is 4. The summed E-state index contributed by atoms with van der Waals surface area (Å²) in [5.74, 6) is -1.42. The van der Waals surface area contributed by atoms with Crippen molar-refractivity contribution >= 4 is 18.0 Å². The van der Waals surface area contributed by atoms with E-state index < -0.39 is 24.7 Å². The summed E-state index contributed by atoms with van der Waals surface area (Å²) in [6.07, 6.45) is 1.57. The van der Waals surface area contributed by atoms with Crippen molar-refractivity contribution in [1.29, 1.82) is 0 Å². The van der Waals surface area contributed by atoms with Gasteiger partial charge in [-0.1, -0.05) is 48.5 Å². The van der Waals surface area contributed by atoms with Crippen LogP contribution >= 0.6 is 0 Å². The zero-order chi connectivity index (χ0) is 23.8. The third-order valence-electron chi connectivity index (χ3n) is 7.64. The van der Waals surface area contributed by atoms with E-state index in [1.165, 1.54) is 11.1 Å². The van der Waals surface area contributed by atoms with Crippen LogP contribution in [0.3, 0.4) is 0 Å². The second-order valence-corrected chi connectivity index (χ2v) is 9.49. The fraction of sp³-hybridized carbons (Fsp3) is 0.423. The molecule has 1 unspecified atom stereocenters. The van der Waals surface area contributed by atoms with Crippen LogP contribution in [0.5, 0.6) is 0 Å². The Kier molecular flexibility index (Phi) is 6.00. The Labute approximate surface area is 197 Å². The first kappa shape index (κ1) is 22.4. The molecule has 2 aromatic rings. The number of carboxylic acids is 1. The maximum Gasteiger partial charge on any atom is 0.407 e. The van der Waals surface area contributed by atoms with E-state index in [9.17, 15) is 14.4 Å². The Morgan fingerprint density at radius 1 is 0.971 bits per heavy atom. The van der Waals surface area contributed by atoms with Gasteiger partial charge in [-0.15, -0.1) is 0 Å². The van der Waals surface area contributed by atoms with Crippen molar-refractivity contribution in [3.05, 3.63) is 59.7 Å². The Morgan fingerprint density at radius 2 is 1.62 bits per heavy atom. The summed E-state index contributed by atoms with van der Waals surface area (Å²) in [4.78, 5) is 36.1. The lowest BCUT2D eigenvalue weighted by Gasteiger charge is -2.40. The molecule has 2 saturated carbocycles. The summed E-state index contributed by atoms with van der Waals surface area (Å²) in [6.45, 7) is -0.393. The Morgan fingerprint density at radius 3 is 2.24 bits per heavy atom. The van der Waals surface area contributed by atoms with Crippen LogP contribution in [-0.4, -0.2) is 53.5 Å². The smallest absolute Gasteiger partial charge is 0.407 e. The third-order valence-corrected chi connectivity index (χ3v) is 7.64. The van der Waals surface area contributed by atoms with E-state index in [-0.39, 0.29) is 36.3 Å². The lowest BCUT2D eigenvalue weighted by molar-refractivity contribution is -0.143. The largest absolute Gasteiger partial charge is 0.480 e. The highest BCUT2D eigenvalue weighted by Crippen LogP contribution is 2.50. The van der Waals surface area contributed by atoms with Crippen LogP contribution in [-0.2, 0) is 14.3 Å². The van der Waals surface area contributed by atoms with Gasteiger partial charge < -0.3 is 25.6 Å². The maximum absolute atomic E-state index is 12.6. The van der Waals surface area contributed by atoms with Crippen LogP contribution in [0.2, 0.25) is 0 Å². The van der Waals surface area contributed by atoms with Crippen LogP contribution in [0, 0.1) is 17.8 Å². The van der Waals surface area contributed by atoms with Crippen molar-refractivity contribution in [1.82, 2.24) is 10.6 Å². The molecule has 3 aliphatic carbocycles. The maximum atomic E-state index is 12.6. The van der Waals surface area contributed by atoms with Gasteiger partial charge in [0.1, 0.15) is 12.6 Å². The lowest BCUT2D eigenvalue weighted by atomic mass is 9.71. The number of hydrogen-bond donors (Lipinski definition) is 4. The van der Waals surface area contributed by atoms with E-state index in [0.29, 0.717) is 18.8 Å². The lowest BCUT2D eigenvalue weighted by Crippen LogP contribution is -2.50. The topological polar surface area (TPSA) is 125 Å². The molecule has 0 saturated heterocycles. The van der Waals surface area contributed by atoms with E-state index in [0.717, 1.165) is 17.5 Å². The van der Waals surface area contributed by atoms with Crippen molar-refractivity contribution in [2.75, 3.05) is 13.2 Å². The summed E-state index contributed by atoms with van der Waals surface area (Å²) in [6, 6.07) is 15.0. The number of nitrogens with one attached hydrogen (secondary N) is 2. The fourth-order valence-electron chi connectivity index (χ4n) is 5.87. The molecule has 0 radical (unpaired) electrons. The predicted octanol–water partition coefficient (Wildman–Crippen LogP) is 2.50. The van der Waals surface area contributed by atoms with Gasteiger partial charge in [-0.05, 0) is 53.4 Å². The van der Waals surface area contributed by atoms with Gasteiger partial charge in [-0.25, -0.2) is 9.59 Å². The number of aliphatic hydroxyl groups is 1. The number of carbonyl (C=O) groups excluding carboxylic acids is 2. The summed E-state index contributed by atoms with van der Waals surface area (Å²) in [5, 5.41) is 23.5. The molecule has 0 aliphatic heterocycles. The van der Waals surface area contributed by atoms with Gasteiger partial charge >= 0.3 is 12.1 Å². The minimum Gasteiger partial charge on any atom is -0.480 e. The van der Waals surface area contributed by atoms with Crippen molar-refractivity contribution < 1.29 is 29.3 Å². The first-order valence-corrected chi connectivity index (χ1v) is 11.7. The monoisotopic (exact) mass is 464 g/mol. The molecule has 178 valence electrons. The second-order valence-electron chi connectivity index (χ2n) is 9.49. The van der Waals surface area contributed by atoms with Gasteiger partial charge in [0.05, 0.1) is 6.61 Å². The molecule has 8 nitrogen and oxygen atoms in total. The Bertz CT molecular complexity index is 1070. The number of amides is 2. The second kappa shape index (κ2) is 9.10. The van der Waals surface area contributed by atoms with Crippen molar-refractivity contribution in [3.63, 3.8) is 0 Å². The quantitative estimate of drug-likeness (QED) is 0.499. The molecule has 4 N–H and O–H groups in total. The molecule has 0 bridgehead atoms.